The Morgan fingerprint density at radius 2 is 1.37 bits per heavy atom. The molecule has 0 saturated carbocycles. The van der Waals surface area contributed by atoms with Crippen LogP contribution in [0.2, 0.25) is 0 Å². The number of alkyl carbamates (subject to hydrolysis) is 1. The lowest BCUT2D eigenvalue weighted by atomic mass is 9.98. The number of nitrogens with one attached hydrogen (secondary N) is 3. The molecule has 0 unspecified atom stereocenters. The number of carboxylic acid groups (broad SMARTS) is 1. The monoisotopic (exact) mass is 523 g/mol. The molecule has 0 heterocycles. The van der Waals surface area contributed by atoms with Gasteiger partial charge in [0.2, 0.25) is 11.8 Å². The molecule has 204 valence electrons. The number of fused-ring (bicyclic) bond motifs is 3. The second-order valence-electron chi connectivity index (χ2n) is 10.5. The van der Waals surface area contributed by atoms with Crippen molar-refractivity contribution in [1.29, 1.82) is 0 Å². The van der Waals surface area contributed by atoms with Crippen LogP contribution < -0.4 is 16.0 Å². The predicted molar refractivity (Wildman–Crippen MR) is 143 cm³/mol. The third kappa shape index (κ3) is 6.90. The zero-order valence-corrected chi connectivity index (χ0v) is 22.5. The van der Waals surface area contributed by atoms with Crippen LogP contribution in [-0.2, 0) is 19.1 Å². The van der Waals surface area contributed by atoms with Gasteiger partial charge in [-0.2, -0.15) is 0 Å². The summed E-state index contributed by atoms with van der Waals surface area (Å²) in [6.07, 6.45) is -0.472. The smallest absolute Gasteiger partial charge is 0.407 e. The van der Waals surface area contributed by atoms with Gasteiger partial charge in [-0.25, -0.2) is 9.59 Å². The fraction of sp³-hybridized carbons (Fsp3) is 0.448. The van der Waals surface area contributed by atoms with E-state index in [4.69, 9.17) is 4.74 Å². The van der Waals surface area contributed by atoms with E-state index in [1.807, 2.05) is 62.4 Å². The molecule has 9 nitrogen and oxygen atoms in total. The molecule has 1 aliphatic rings. The minimum atomic E-state index is -1.14. The number of hydrogen-bond acceptors (Lipinski definition) is 5. The Balaban J connectivity index is 1.59. The summed E-state index contributed by atoms with van der Waals surface area (Å²) in [5, 5.41) is 17.0. The van der Waals surface area contributed by atoms with Crippen LogP contribution in [0.1, 0.15) is 58.1 Å². The number of amides is 3. The average molecular weight is 524 g/mol. The number of carbonyl (C=O) groups is 4. The summed E-state index contributed by atoms with van der Waals surface area (Å²) >= 11 is 0. The Labute approximate surface area is 223 Å². The van der Waals surface area contributed by atoms with Crippen LogP contribution >= 0.6 is 0 Å². The standard InChI is InChI=1S/C29H37N3O6/c1-16(2)14-24(28(35)36)31-26(33)18(5)30-27(34)25(17(3)4)32-29(37)38-15-23-21-12-8-6-10-19(21)20-11-7-9-13-22(20)23/h6-13,16-18,23-25H,14-15H2,1-5H3,(H,30,34)(H,31,33)(H,32,37)(H,35,36)/t18-,24-,25-/m0/s1. The van der Waals surface area contributed by atoms with Gasteiger partial charge in [0.05, 0.1) is 0 Å². The number of carbonyl (C=O) groups excluding carboxylic acids is 3. The molecule has 3 amide bonds. The molecule has 2 aromatic carbocycles. The van der Waals surface area contributed by atoms with Gasteiger partial charge in [-0.15, -0.1) is 0 Å². The maximum Gasteiger partial charge on any atom is 0.407 e. The summed E-state index contributed by atoms with van der Waals surface area (Å²) in [5.74, 6) is -2.66. The molecule has 0 fully saturated rings. The molecule has 0 saturated heterocycles. The fourth-order valence-corrected chi connectivity index (χ4v) is 4.66. The van der Waals surface area contributed by atoms with Gasteiger partial charge >= 0.3 is 12.1 Å². The summed E-state index contributed by atoms with van der Waals surface area (Å²) in [4.78, 5) is 49.7. The number of hydrogen-bond donors (Lipinski definition) is 4. The van der Waals surface area contributed by atoms with Crippen molar-refractivity contribution in [2.24, 2.45) is 11.8 Å². The van der Waals surface area contributed by atoms with Crippen LogP contribution in [0.5, 0.6) is 0 Å². The van der Waals surface area contributed by atoms with Gasteiger partial charge in [0.15, 0.2) is 0 Å². The van der Waals surface area contributed by atoms with Crippen LogP contribution in [0.25, 0.3) is 11.1 Å². The molecule has 0 radical (unpaired) electrons. The molecule has 9 heteroatoms. The normalized spacial score (nSPS) is 14.7. The van der Waals surface area contributed by atoms with E-state index in [-0.39, 0.29) is 30.8 Å². The first-order chi connectivity index (χ1) is 18.0. The van der Waals surface area contributed by atoms with E-state index >= 15 is 0 Å². The highest BCUT2D eigenvalue weighted by Crippen LogP contribution is 2.44. The van der Waals surface area contributed by atoms with Crippen molar-refractivity contribution in [3.8, 4) is 11.1 Å². The minimum Gasteiger partial charge on any atom is -0.480 e. The highest BCUT2D eigenvalue weighted by atomic mass is 16.5. The fourth-order valence-electron chi connectivity index (χ4n) is 4.66. The molecule has 2 aromatic rings. The van der Waals surface area contributed by atoms with Gasteiger partial charge in [-0.3, -0.25) is 9.59 Å². The Morgan fingerprint density at radius 1 is 0.816 bits per heavy atom. The van der Waals surface area contributed by atoms with Crippen LogP contribution in [0.15, 0.2) is 48.5 Å². The summed E-state index contributed by atoms with van der Waals surface area (Å²) in [6.45, 7) is 8.82. The number of benzene rings is 2. The quantitative estimate of drug-likeness (QED) is 0.355. The molecule has 0 bridgehead atoms. The van der Waals surface area contributed by atoms with Crippen LogP contribution in [-0.4, -0.2) is 53.7 Å². The Bertz CT molecular complexity index is 1130. The molecular formula is C29H37N3O6. The lowest BCUT2D eigenvalue weighted by Gasteiger charge is -2.25. The molecule has 0 aromatic heterocycles. The number of ether oxygens (including phenoxy) is 1. The Kier molecular flexibility index (Phi) is 9.50. The third-order valence-corrected chi connectivity index (χ3v) is 6.64. The molecule has 0 aliphatic heterocycles. The van der Waals surface area contributed by atoms with Gasteiger partial charge in [-0.1, -0.05) is 76.2 Å². The maximum atomic E-state index is 12.9. The van der Waals surface area contributed by atoms with Gasteiger partial charge in [-0.05, 0) is 47.4 Å². The van der Waals surface area contributed by atoms with Crippen molar-refractivity contribution < 1.29 is 29.0 Å². The van der Waals surface area contributed by atoms with Gasteiger partial charge < -0.3 is 25.8 Å². The van der Waals surface area contributed by atoms with E-state index in [2.05, 4.69) is 16.0 Å². The second-order valence-corrected chi connectivity index (χ2v) is 10.5. The minimum absolute atomic E-state index is 0.0630. The summed E-state index contributed by atoms with van der Waals surface area (Å²) in [5.41, 5.74) is 4.39. The van der Waals surface area contributed by atoms with E-state index in [9.17, 15) is 24.3 Å². The van der Waals surface area contributed by atoms with Gasteiger partial charge in [0, 0.05) is 5.92 Å². The zero-order chi connectivity index (χ0) is 28.0. The largest absolute Gasteiger partial charge is 0.480 e. The molecule has 1 aliphatic carbocycles. The first-order valence-corrected chi connectivity index (χ1v) is 12.9. The molecule has 3 rings (SSSR count). The average Bonchev–Trinajstić information content (AvgIpc) is 3.18. The maximum absolute atomic E-state index is 12.9. The molecule has 3 atom stereocenters. The molecule has 38 heavy (non-hydrogen) atoms. The van der Waals surface area contributed by atoms with Crippen LogP contribution in [0.3, 0.4) is 0 Å². The molecule has 4 N–H and O–H groups in total. The topological polar surface area (TPSA) is 134 Å². The SMILES string of the molecule is CC(C)C[C@H](NC(=O)[C@H](C)NC(=O)[C@@H](NC(=O)OCC1c2ccccc2-c2ccccc21)C(C)C)C(=O)O. The highest BCUT2D eigenvalue weighted by molar-refractivity contribution is 5.92. The van der Waals surface area contributed by atoms with Crippen LogP contribution in [0, 0.1) is 11.8 Å². The second kappa shape index (κ2) is 12.6. The zero-order valence-electron chi connectivity index (χ0n) is 22.5. The van der Waals surface area contributed by atoms with Crippen molar-refractivity contribution in [2.45, 2.75) is 65.1 Å². The van der Waals surface area contributed by atoms with E-state index < -0.39 is 42.0 Å². The summed E-state index contributed by atoms with van der Waals surface area (Å²) in [6, 6.07) is 13.0. The Hall–Kier alpha value is -3.88. The molecular weight excluding hydrogens is 486 g/mol. The van der Waals surface area contributed by atoms with Crippen molar-refractivity contribution >= 4 is 23.9 Å². The predicted octanol–water partition coefficient (Wildman–Crippen LogP) is 3.67. The van der Waals surface area contributed by atoms with E-state index in [0.29, 0.717) is 0 Å². The first-order valence-electron chi connectivity index (χ1n) is 12.9. The van der Waals surface area contributed by atoms with Gasteiger partial charge in [0.25, 0.3) is 0 Å². The van der Waals surface area contributed by atoms with Crippen LogP contribution in [0.4, 0.5) is 4.79 Å². The third-order valence-electron chi connectivity index (χ3n) is 6.64. The lowest BCUT2D eigenvalue weighted by Crippen LogP contribution is -2.56. The molecule has 0 spiro atoms. The van der Waals surface area contributed by atoms with E-state index in [1.54, 1.807) is 13.8 Å². The number of aliphatic carboxylic acids is 1. The van der Waals surface area contributed by atoms with Gasteiger partial charge in [0.1, 0.15) is 24.7 Å². The van der Waals surface area contributed by atoms with E-state index in [1.165, 1.54) is 6.92 Å². The van der Waals surface area contributed by atoms with E-state index in [0.717, 1.165) is 22.3 Å². The van der Waals surface area contributed by atoms with Crippen molar-refractivity contribution in [1.82, 2.24) is 16.0 Å². The lowest BCUT2D eigenvalue weighted by molar-refractivity contribution is -0.142. The van der Waals surface area contributed by atoms with Crippen molar-refractivity contribution in [3.05, 3.63) is 59.7 Å². The summed E-state index contributed by atoms with van der Waals surface area (Å²) < 4.78 is 5.56. The Morgan fingerprint density at radius 3 is 1.87 bits per heavy atom. The first kappa shape index (κ1) is 28.7. The van der Waals surface area contributed by atoms with Crippen molar-refractivity contribution in [3.63, 3.8) is 0 Å². The highest BCUT2D eigenvalue weighted by Gasteiger charge is 2.32. The summed E-state index contributed by atoms with van der Waals surface area (Å²) in [7, 11) is 0. The number of rotatable bonds is 11. The number of carboxylic acids is 1. The van der Waals surface area contributed by atoms with Crippen molar-refractivity contribution in [2.75, 3.05) is 6.61 Å².